The Kier molecular flexibility index (Phi) is 7.93. The summed E-state index contributed by atoms with van der Waals surface area (Å²) in [5, 5.41) is 4.08. The lowest BCUT2D eigenvalue weighted by Crippen LogP contribution is -2.25. The summed E-state index contributed by atoms with van der Waals surface area (Å²) in [4.78, 5) is 15.4. The van der Waals surface area contributed by atoms with Crippen LogP contribution in [0.1, 0.15) is 22.3 Å². The molecule has 0 unspecified atom stereocenters. The molecule has 0 saturated carbocycles. The first-order valence-electron chi connectivity index (χ1n) is 23.4. The highest BCUT2D eigenvalue weighted by Crippen LogP contribution is 2.64. The first-order chi connectivity index (χ1) is 34.2. The summed E-state index contributed by atoms with van der Waals surface area (Å²) < 4.78 is 12.9. The minimum Gasteiger partial charge on any atom is -0.456 e. The van der Waals surface area contributed by atoms with Gasteiger partial charge >= 0.3 is 0 Å². The number of aromatic nitrogens is 3. The fourth-order valence-electron chi connectivity index (χ4n) is 11.6. The van der Waals surface area contributed by atoms with Gasteiger partial charge in [-0.25, -0.2) is 15.0 Å². The van der Waals surface area contributed by atoms with Crippen molar-refractivity contribution < 1.29 is 8.83 Å². The molecule has 0 atom stereocenters. The van der Waals surface area contributed by atoms with Crippen LogP contribution in [-0.2, 0) is 5.41 Å². The highest BCUT2D eigenvalue weighted by Gasteiger charge is 2.52. The van der Waals surface area contributed by atoms with Crippen LogP contribution in [0.4, 0.5) is 0 Å². The number of para-hydroxylation sites is 1. The van der Waals surface area contributed by atoms with Gasteiger partial charge in [0.1, 0.15) is 22.3 Å². The summed E-state index contributed by atoms with van der Waals surface area (Å²) in [7, 11) is 0. The van der Waals surface area contributed by atoms with Crippen LogP contribution in [-0.4, -0.2) is 15.0 Å². The van der Waals surface area contributed by atoms with Crippen molar-refractivity contribution in [2.45, 2.75) is 5.41 Å². The predicted octanol–water partition coefficient (Wildman–Crippen LogP) is 16.3. The Morgan fingerprint density at radius 3 is 1.59 bits per heavy atom. The standard InChI is InChI=1S/C64H37N3O2/c1-2-14-40(15-3-1)61-65-62(42-32-34-47-46-18-7-11-26-55(46)69-58(47)37-42)67-63(66-61)49-21-13-27-57-60(49)50-36-41(33-35-56(50)68-57)38-28-30-39(31-29-38)43-20-12-25-54-59(43)48-19-6-10-24-53(48)64(54)51-22-8-4-16-44(51)45-17-5-9-23-52(45)64/h1-37H. The molecule has 5 nitrogen and oxygen atoms in total. The van der Waals surface area contributed by atoms with E-state index in [9.17, 15) is 0 Å². The van der Waals surface area contributed by atoms with E-state index < -0.39 is 0 Å². The summed E-state index contributed by atoms with van der Waals surface area (Å²) in [6.45, 7) is 0. The molecular weight excluding hydrogens is 843 g/mol. The first-order valence-corrected chi connectivity index (χ1v) is 23.4. The van der Waals surface area contributed by atoms with Crippen LogP contribution in [0, 0.1) is 0 Å². The molecule has 0 aliphatic heterocycles. The molecule has 0 saturated heterocycles. The van der Waals surface area contributed by atoms with E-state index in [0.717, 1.165) is 71.7 Å². The zero-order chi connectivity index (χ0) is 45.2. The molecular formula is C64H37N3O2. The molecule has 0 fully saturated rings. The second-order valence-electron chi connectivity index (χ2n) is 18.2. The van der Waals surface area contributed by atoms with Gasteiger partial charge in [-0.2, -0.15) is 0 Å². The summed E-state index contributed by atoms with van der Waals surface area (Å²) >= 11 is 0. The van der Waals surface area contributed by atoms with Crippen molar-refractivity contribution >= 4 is 43.9 Å². The highest BCUT2D eigenvalue weighted by molar-refractivity contribution is 6.13. The Morgan fingerprint density at radius 2 is 0.797 bits per heavy atom. The lowest BCUT2D eigenvalue weighted by Gasteiger charge is -2.30. The van der Waals surface area contributed by atoms with Crippen LogP contribution < -0.4 is 0 Å². The van der Waals surface area contributed by atoms with E-state index >= 15 is 0 Å². The minimum absolute atomic E-state index is 0.382. The fraction of sp³-hybridized carbons (Fsp3) is 0.0156. The number of hydrogen-bond acceptors (Lipinski definition) is 5. The predicted molar refractivity (Wildman–Crippen MR) is 278 cm³/mol. The van der Waals surface area contributed by atoms with Crippen LogP contribution >= 0.6 is 0 Å². The molecule has 0 radical (unpaired) electrons. The molecule has 2 aliphatic rings. The van der Waals surface area contributed by atoms with Crippen LogP contribution in [0.3, 0.4) is 0 Å². The molecule has 13 aromatic rings. The zero-order valence-corrected chi connectivity index (χ0v) is 37.0. The largest absolute Gasteiger partial charge is 0.456 e. The minimum atomic E-state index is -0.382. The molecule has 1 spiro atoms. The summed E-state index contributed by atoms with van der Waals surface area (Å²) in [6, 6.07) is 79.9. The normalized spacial score (nSPS) is 13.0. The van der Waals surface area contributed by atoms with Gasteiger partial charge in [0.2, 0.25) is 0 Å². The fourth-order valence-corrected chi connectivity index (χ4v) is 11.6. The van der Waals surface area contributed by atoms with Gasteiger partial charge < -0.3 is 8.83 Å². The molecule has 320 valence electrons. The topological polar surface area (TPSA) is 65.0 Å². The maximum absolute atomic E-state index is 6.56. The van der Waals surface area contributed by atoms with E-state index in [1.54, 1.807) is 0 Å². The first kappa shape index (κ1) is 38.0. The lowest BCUT2D eigenvalue weighted by atomic mass is 9.70. The van der Waals surface area contributed by atoms with Crippen molar-refractivity contribution in [3.05, 3.63) is 247 Å². The molecule has 0 amide bonds. The molecule has 10 aromatic carbocycles. The average molecular weight is 880 g/mol. The Labute approximate surface area is 396 Å². The maximum atomic E-state index is 6.56. The molecule has 3 aromatic heterocycles. The van der Waals surface area contributed by atoms with Crippen LogP contribution in [0.5, 0.6) is 0 Å². The van der Waals surface area contributed by atoms with E-state index in [1.165, 1.54) is 55.6 Å². The highest BCUT2D eigenvalue weighted by atomic mass is 16.3. The third-order valence-corrected chi connectivity index (χ3v) is 14.6. The number of rotatable bonds is 5. The smallest absolute Gasteiger partial charge is 0.164 e. The molecule has 0 bridgehead atoms. The van der Waals surface area contributed by atoms with Gasteiger partial charge in [0.25, 0.3) is 0 Å². The number of nitrogens with zero attached hydrogens (tertiary/aromatic N) is 3. The van der Waals surface area contributed by atoms with Gasteiger partial charge in [-0.05, 0) is 103 Å². The monoisotopic (exact) mass is 879 g/mol. The second kappa shape index (κ2) is 14.4. The quantitative estimate of drug-likeness (QED) is 0.172. The number of benzene rings is 10. The van der Waals surface area contributed by atoms with Crippen LogP contribution in [0.25, 0.3) is 123 Å². The number of furan rings is 2. The van der Waals surface area contributed by atoms with Gasteiger partial charge in [0.05, 0.1) is 5.41 Å². The van der Waals surface area contributed by atoms with Crippen molar-refractivity contribution in [1.29, 1.82) is 0 Å². The SMILES string of the molecule is c1ccc(-c2nc(-c3ccc4c(c3)oc3ccccc34)nc(-c3cccc4oc5ccc(-c6ccc(-c7cccc8c7-c7ccccc7C87c8ccccc8-c8ccccc87)cc6)cc5c34)n2)cc1. The Balaban J connectivity index is 0.845. The maximum Gasteiger partial charge on any atom is 0.164 e. The van der Waals surface area contributed by atoms with Crippen molar-refractivity contribution in [3.8, 4) is 78.7 Å². The second-order valence-corrected chi connectivity index (χ2v) is 18.2. The average Bonchev–Trinajstić information content (AvgIpc) is 4.16. The Morgan fingerprint density at radius 1 is 0.275 bits per heavy atom. The van der Waals surface area contributed by atoms with Gasteiger partial charge in [-0.3, -0.25) is 0 Å². The van der Waals surface area contributed by atoms with E-state index in [-0.39, 0.29) is 5.41 Å². The zero-order valence-electron chi connectivity index (χ0n) is 37.0. The van der Waals surface area contributed by atoms with Gasteiger partial charge in [-0.15, -0.1) is 0 Å². The van der Waals surface area contributed by atoms with Crippen LogP contribution in [0.2, 0.25) is 0 Å². The van der Waals surface area contributed by atoms with Gasteiger partial charge in [0, 0.05) is 38.2 Å². The summed E-state index contributed by atoms with van der Waals surface area (Å²) in [6.07, 6.45) is 0. The van der Waals surface area contributed by atoms with E-state index in [2.05, 4.69) is 158 Å². The molecule has 2 aliphatic carbocycles. The molecule has 69 heavy (non-hydrogen) atoms. The number of fused-ring (bicyclic) bond motifs is 16. The number of hydrogen-bond donors (Lipinski definition) is 0. The van der Waals surface area contributed by atoms with E-state index in [1.807, 2.05) is 66.7 Å². The van der Waals surface area contributed by atoms with Crippen molar-refractivity contribution in [2.24, 2.45) is 0 Å². The van der Waals surface area contributed by atoms with Gasteiger partial charge in [0.15, 0.2) is 17.5 Å². The third-order valence-electron chi connectivity index (χ3n) is 14.6. The third kappa shape index (κ3) is 5.44. The molecule has 3 heterocycles. The summed E-state index contributed by atoms with van der Waals surface area (Å²) in [5.41, 5.74) is 20.7. The van der Waals surface area contributed by atoms with Crippen molar-refractivity contribution in [1.82, 2.24) is 15.0 Å². The van der Waals surface area contributed by atoms with Crippen molar-refractivity contribution in [2.75, 3.05) is 0 Å². The lowest BCUT2D eigenvalue weighted by molar-refractivity contribution is 0.668. The summed E-state index contributed by atoms with van der Waals surface area (Å²) in [5.74, 6) is 1.72. The van der Waals surface area contributed by atoms with E-state index in [4.69, 9.17) is 23.8 Å². The van der Waals surface area contributed by atoms with E-state index in [0.29, 0.717) is 17.5 Å². The van der Waals surface area contributed by atoms with Crippen LogP contribution in [0.15, 0.2) is 233 Å². The Hall–Kier alpha value is -9.19. The van der Waals surface area contributed by atoms with Crippen molar-refractivity contribution in [3.63, 3.8) is 0 Å². The molecule has 0 N–H and O–H groups in total. The van der Waals surface area contributed by atoms with Gasteiger partial charge in [-0.1, -0.05) is 188 Å². The molecule has 5 heteroatoms. The molecule has 15 rings (SSSR count). The Bertz CT molecular complexity index is 4210.